The zero-order chi connectivity index (χ0) is 20.1. The number of para-hydroxylation sites is 1. The van der Waals surface area contributed by atoms with E-state index in [-0.39, 0.29) is 5.95 Å². The van der Waals surface area contributed by atoms with Crippen LogP contribution in [0.2, 0.25) is 0 Å². The fourth-order valence-corrected chi connectivity index (χ4v) is 2.89. The van der Waals surface area contributed by atoms with Crippen LogP contribution in [0.25, 0.3) is 11.4 Å². The van der Waals surface area contributed by atoms with E-state index < -0.39 is 6.09 Å². The Balaban J connectivity index is 1.45. The van der Waals surface area contributed by atoms with Gasteiger partial charge < -0.3 is 14.4 Å². The number of carbonyl (C=O) groups excluding carboxylic acids is 1. The van der Waals surface area contributed by atoms with Gasteiger partial charge in [0.05, 0.1) is 18.8 Å². The lowest BCUT2D eigenvalue weighted by molar-refractivity contribution is 0.122. The Morgan fingerprint density at radius 1 is 1.07 bits per heavy atom. The molecule has 148 valence electrons. The first-order valence-corrected chi connectivity index (χ1v) is 9.22. The Labute approximate surface area is 167 Å². The molecule has 2 aromatic heterocycles. The van der Waals surface area contributed by atoms with E-state index in [4.69, 9.17) is 9.47 Å². The number of carbonyl (C=O) groups is 1. The molecule has 9 nitrogen and oxygen atoms in total. The van der Waals surface area contributed by atoms with E-state index in [2.05, 4.69) is 30.2 Å². The Bertz CT molecular complexity index is 975. The third kappa shape index (κ3) is 4.64. The fourth-order valence-electron chi connectivity index (χ4n) is 2.89. The smallest absolute Gasteiger partial charge is 0.410 e. The molecule has 1 saturated heterocycles. The summed E-state index contributed by atoms with van der Waals surface area (Å²) in [6, 6.07) is 8.76. The average Bonchev–Trinajstić information content (AvgIpc) is 2.76. The van der Waals surface area contributed by atoms with Gasteiger partial charge in [0.1, 0.15) is 11.6 Å². The van der Waals surface area contributed by atoms with Gasteiger partial charge in [-0.25, -0.2) is 24.7 Å². The number of benzene rings is 1. The molecule has 3 heterocycles. The van der Waals surface area contributed by atoms with Crippen molar-refractivity contribution in [1.82, 2.24) is 19.9 Å². The van der Waals surface area contributed by atoms with E-state index in [1.165, 1.54) is 0 Å². The van der Waals surface area contributed by atoms with E-state index in [1.807, 2.05) is 13.0 Å². The molecule has 0 spiro atoms. The molecule has 0 unspecified atom stereocenters. The van der Waals surface area contributed by atoms with Gasteiger partial charge in [-0.3, -0.25) is 5.32 Å². The van der Waals surface area contributed by atoms with Crippen LogP contribution in [0.1, 0.15) is 5.56 Å². The van der Waals surface area contributed by atoms with Gasteiger partial charge in [0.15, 0.2) is 5.82 Å². The highest BCUT2D eigenvalue weighted by molar-refractivity contribution is 5.84. The summed E-state index contributed by atoms with van der Waals surface area (Å²) >= 11 is 0. The molecular weight excluding hydrogens is 372 g/mol. The maximum atomic E-state index is 11.9. The molecule has 29 heavy (non-hydrogen) atoms. The highest BCUT2D eigenvalue weighted by Crippen LogP contribution is 2.22. The van der Waals surface area contributed by atoms with E-state index in [0.717, 1.165) is 24.5 Å². The number of nitrogens with one attached hydrogen (secondary N) is 1. The summed E-state index contributed by atoms with van der Waals surface area (Å²) < 4.78 is 10.6. The molecule has 3 aromatic rings. The van der Waals surface area contributed by atoms with Crippen LogP contribution in [-0.2, 0) is 4.74 Å². The Kier molecular flexibility index (Phi) is 5.57. The maximum absolute atomic E-state index is 11.9. The SMILES string of the molecule is Cc1cnc(-c2cnc(NC(=O)Oc3ccccc3)nc2)nc1N1CCOCC1. The van der Waals surface area contributed by atoms with Gasteiger partial charge >= 0.3 is 6.09 Å². The molecule has 0 atom stereocenters. The molecular formula is C20H20N6O3. The molecule has 4 rings (SSSR count). The third-order valence-corrected chi connectivity index (χ3v) is 4.33. The predicted molar refractivity (Wildman–Crippen MR) is 107 cm³/mol. The monoisotopic (exact) mass is 392 g/mol. The fraction of sp³-hybridized carbons (Fsp3) is 0.250. The molecule has 1 aliphatic heterocycles. The van der Waals surface area contributed by atoms with Crippen molar-refractivity contribution in [3.8, 4) is 17.1 Å². The molecule has 1 aromatic carbocycles. The summed E-state index contributed by atoms with van der Waals surface area (Å²) in [6.07, 6.45) is 4.26. The maximum Gasteiger partial charge on any atom is 0.419 e. The minimum atomic E-state index is -0.662. The first-order valence-electron chi connectivity index (χ1n) is 9.22. The molecule has 0 radical (unpaired) electrons. The van der Waals surface area contributed by atoms with Crippen molar-refractivity contribution < 1.29 is 14.3 Å². The number of hydrogen-bond donors (Lipinski definition) is 1. The minimum absolute atomic E-state index is 0.134. The number of aromatic nitrogens is 4. The molecule has 0 saturated carbocycles. The van der Waals surface area contributed by atoms with Gasteiger partial charge in [-0.1, -0.05) is 18.2 Å². The molecule has 1 aliphatic rings. The molecule has 1 fully saturated rings. The van der Waals surface area contributed by atoms with E-state index in [9.17, 15) is 4.79 Å². The predicted octanol–water partition coefficient (Wildman–Crippen LogP) is 2.69. The Morgan fingerprint density at radius 2 is 1.79 bits per heavy atom. The number of ether oxygens (including phenoxy) is 2. The number of nitrogens with zero attached hydrogens (tertiary/aromatic N) is 5. The van der Waals surface area contributed by atoms with Crippen LogP contribution in [0, 0.1) is 6.92 Å². The minimum Gasteiger partial charge on any atom is -0.410 e. The van der Waals surface area contributed by atoms with Crippen LogP contribution in [0.5, 0.6) is 5.75 Å². The van der Waals surface area contributed by atoms with Gasteiger partial charge in [0, 0.05) is 37.2 Å². The Hall–Kier alpha value is -3.59. The van der Waals surface area contributed by atoms with Gasteiger partial charge in [-0.2, -0.15) is 0 Å². The van der Waals surface area contributed by atoms with E-state index in [0.29, 0.717) is 30.4 Å². The summed E-state index contributed by atoms with van der Waals surface area (Å²) in [5, 5.41) is 2.49. The summed E-state index contributed by atoms with van der Waals surface area (Å²) in [7, 11) is 0. The standard InChI is InChI=1S/C20H20N6O3/c1-14-11-21-17(24-18(14)26-7-9-28-10-8-26)15-12-22-19(23-13-15)25-20(27)29-16-5-3-2-4-6-16/h2-6,11-13H,7-10H2,1H3,(H,22,23,25,27). The van der Waals surface area contributed by atoms with Crippen LogP contribution < -0.4 is 15.0 Å². The molecule has 0 aliphatic carbocycles. The van der Waals surface area contributed by atoms with E-state index in [1.54, 1.807) is 42.9 Å². The zero-order valence-corrected chi connectivity index (χ0v) is 15.9. The highest BCUT2D eigenvalue weighted by atomic mass is 16.6. The highest BCUT2D eigenvalue weighted by Gasteiger charge is 2.17. The van der Waals surface area contributed by atoms with Crippen LogP contribution >= 0.6 is 0 Å². The number of rotatable bonds is 4. The van der Waals surface area contributed by atoms with Gasteiger partial charge in [0.25, 0.3) is 0 Å². The van der Waals surface area contributed by atoms with Crippen LogP contribution in [0.15, 0.2) is 48.9 Å². The number of anilines is 2. The normalized spacial score (nSPS) is 13.8. The molecule has 1 amide bonds. The second-order valence-electron chi connectivity index (χ2n) is 6.42. The zero-order valence-electron chi connectivity index (χ0n) is 15.9. The van der Waals surface area contributed by atoms with Gasteiger partial charge in [-0.05, 0) is 19.1 Å². The summed E-state index contributed by atoms with van der Waals surface area (Å²) in [6.45, 7) is 4.93. The quantitative estimate of drug-likeness (QED) is 0.723. The third-order valence-electron chi connectivity index (χ3n) is 4.33. The lowest BCUT2D eigenvalue weighted by Gasteiger charge is -2.29. The molecule has 9 heteroatoms. The number of amides is 1. The largest absolute Gasteiger partial charge is 0.419 e. The average molecular weight is 392 g/mol. The molecule has 0 bridgehead atoms. The van der Waals surface area contributed by atoms with Crippen LogP contribution in [0.3, 0.4) is 0 Å². The van der Waals surface area contributed by atoms with Crippen molar-refractivity contribution in [3.05, 3.63) is 54.5 Å². The van der Waals surface area contributed by atoms with Crippen molar-refractivity contribution in [3.63, 3.8) is 0 Å². The van der Waals surface area contributed by atoms with Crippen LogP contribution in [0.4, 0.5) is 16.6 Å². The summed E-state index contributed by atoms with van der Waals surface area (Å²) in [5.74, 6) is 1.97. The van der Waals surface area contributed by atoms with Crippen molar-refractivity contribution in [2.75, 3.05) is 36.5 Å². The molecule has 1 N–H and O–H groups in total. The second-order valence-corrected chi connectivity index (χ2v) is 6.42. The summed E-state index contributed by atoms with van der Waals surface area (Å²) in [5.41, 5.74) is 1.65. The topological polar surface area (TPSA) is 102 Å². The van der Waals surface area contributed by atoms with Crippen molar-refractivity contribution in [1.29, 1.82) is 0 Å². The van der Waals surface area contributed by atoms with Crippen molar-refractivity contribution >= 4 is 17.9 Å². The second kappa shape index (κ2) is 8.61. The van der Waals surface area contributed by atoms with Gasteiger partial charge in [0.2, 0.25) is 5.95 Å². The lowest BCUT2D eigenvalue weighted by Crippen LogP contribution is -2.37. The van der Waals surface area contributed by atoms with Gasteiger partial charge in [-0.15, -0.1) is 0 Å². The first-order chi connectivity index (χ1) is 14.2. The number of hydrogen-bond acceptors (Lipinski definition) is 8. The van der Waals surface area contributed by atoms with Crippen LogP contribution in [-0.4, -0.2) is 52.3 Å². The number of aryl methyl sites for hydroxylation is 1. The number of morpholine rings is 1. The summed E-state index contributed by atoms with van der Waals surface area (Å²) in [4.78, 5) is 31.5. The first kappa shape index (κ1) is 18.8. The van der Waals surface area contributed by atoms with Crippen molar-refractivity contribution in [2.45, 2.75) is 6.92 Å². The lowest BCUT2D eigenvalue weighted by atomic mass is 10.2. The van der Waals surface area contributed by atoms with Crippen molar-refractivity contribution in [2.24, 2.45) is 0 Å². The Morgan fingerprint density at radius 3 is 2.52 bits per heavy atom. The van der Waals surface area contributed by atoms with E-state index >= 15 is 0 Å².